The first kappa shape index (κ1) is 19.4. The molecule has 0 bridgehead atoms. The molecule has 0 aliphatic rings. The summed E-state index contributed by atoms with van der Waals surface area (Å²) in [7, 11) is 0. The van der Waals surface area contributed by atoms with Crippen LogP contribution in [0.5, 0.6) is 0 Å². The number of carbonyl (C=O) groups excluding carboxylic acids is 2. The molecule has 0 radical (unpaired) electrons. The van der Waals surface area contributed by atoms with Crippen LogP contribution >= 0.6 is 0 Å². The molecule has 0 heterocycles. The van der Waals surface area contributed by atoms with E-state index in [1.54, 1.807) is 52.0 Å². The van der Waals surface area contributed by atoms with Gasteiger partial charge in [0, 0.05) is 5.56 Å². The Kier molecular flexibility index (Phi) is 6.58. The second-order valence-electron chi connectivity index (χ2n) is 6.23. The molecule has 6 nitrogen and oxygen atoms in total. The van der Waals surface area contributed by atoms with Crippen molar-refractivity contribution >= 4 is 11.6 Å². The van der Waals surface area contributed by atoms with Gasteiger partial charge < -0.3 is 0 Å². The van der Waals surface area contributed by atoms with Crippen molar-refractivity contribution in [2.24, 2.45) is 0 Å². The summed E-state index contributed by atoms with van der Waals surface area (Å²) in [4.78, 5) is 43.9. The van der Waals surface area contributed by atoms with Gasteiger partial charge in [0.1, 0.15) is 0 Å². The number of Topliss-reactive ketones (excluding diaryl/α,β-unsaturated/α-hetero) is 2. The van der Waals surface area contributed by atoms with Gasteiger partial charge in [-0.25, -0.2) is 9.78 Å². The minimum atomic E-state index is -1.13. The molecule has 0 spiro atoms. The van der Waals surface area contributed by atoms with E-state index in [1.807, 2.05) is 6.07 Å². The number of benzene rings is 1. The zero-order chi connectivity index (χ0) is 17.7. The summed E-state index contributed by atoms with van der Waals surface area (Å²) in [5, 5.41) is 0. The highest BCUT2D eigenvalue weighted by Crippen LogP contribution is 2.25. The Morgan fingerprint density at radius 1 is 0.826 bits per heavy atom. The van der Waals surface area contributed by atoms with Gasteiger partial charge in [-0.05, 0) is 41.5 Å². The van der Waals surface area contributed by atoms with E-state index in [-0.39, 0.29) is 11.6 Å². The molecule has 0 atom stereocenters. The van der Waals surface area contributed by atoms with Crippen molar-refractivity contribution in [2.75, 3.05) is 0 Å². The van der Waals surface area contributed by atoms with Crippen molar-refractivity contribution in [2.45, 2.75) is 59.0 Å². The zero-order valence-corrected chi connectivity index (χ0v) is 14.4. The average Bonchev–Trinajstić information content (AvgIpc) is 2.47. The minimum absolute atomic E-state index is 0.200. The highest BCUT2D eigenvalue weighted by Gasteiger charge is 2.31. The van der Waals surface area contributed by atoms with Crippen LogP contribution in [-0.4, -0.2) is 22.8 Å². The van der Waals surface area contributed by atoms with E-state index in [1.165, 1.54) is 13.8 Å². The summed E-state index contributed by atoms with van der Waals surface area (Å²) in [5.41, 5.74) is -1.65. The van der Waals surface area contributed by atoms with Crippen molar-refractivity contribution in [3.05, 3.63) is 35.9 Å². The summed E-state index contributed by atoms with van der Waals surface area (Å²) >= 11 is 0. The Labute approximate surface area is 136 Å². The average molecular weight is 324 g/mol. The maximum atomic E-state index is 11.5. The van der Waals surface area contributed by atoms with E-state index in [4.69, 9.17) is 19.6 Å². The first-order valence-corrected chi connectivity index (χ1v) is 7.32. The van der Waals surface area contributed by atoms with Crippen LogP contribution in [0.25, 0.3) is 0 Å². The lowest BCUT2D eigenvalue weighted by molar-refractivity contribution is -0.496. The first-order chi connectivity index (χ1) is 10.6. The molecule has 1 rings (SSSR count). The molecule has 0 aliphatic heterocycles. The fourth-order valence-electron chi connectivity index (χ4n) is 1.18. The molecule has 0 unspecified atom stereocenters. The third-order valence-electron chi connectivity index (χ3n) is 3.46. The van der Waals surface area contributed by atoms with Crippen LogP contribution in [0.3, 0.4) is 0 Å². The van der Waals surface area contributed by atoms with E-state index in [0.29, 0.717) is 5.56 Å². The van der Waals surface area contributed by atoms with Crippen molar-refractivity contribution in [3.63, 3.8) is 0 Å². The van der Waals surface area contributed by atoms with Gasteiger partial charge in [0.2, 0.25) is 6.29 Å². The van der Waals surface area contributed by atoms with Crippen molar-refractivity contribution < 1.29 is 29.1 Å². The highest BCUT2D eigenvalue weighted by atomic mass is 17.3. The Morgan fingerprint density at radius 2 is 1.22 bits per heavy atom. The number of hydrogen-bond acceptors (Lipinski definition) is 6. The van der Waals surface area contributed by atoms with Crippen molar-refractivity contribution in [1.29, 1.82) is 0 Å². The second-order valence-corrected chi connectivity index (χ2v) is 6.23. The third kappa shape index (κ3) is 5.84. The molecule has 6 heteroatoms. The number of hydrogen-bond donors (Lipinski definition) is 0. The molecule has 0 saturated carbocycles. The van der Waals surface area contributed by atoms with Crippen LogP contribution in [0.4, 0.5) is 0 Å². The Bertz CT molecular complexity index is 505. The van der Waals surface area contributed by atoms with Crippen LogP contribution in [0.15, 0.2) is 30.3 Å². The topological polar surface area (TPSA) is 71.1 Å². The Balaban J connectivity index is 2.83. The third-order valence-corrected chi connectivity index (χ3v) is 3.46. The van der Waals surface area contributed by atoms with Gasteiger partial charge in [-0.3, -0.25) is 9.59 Å². The SMILES string of the molecule is CC(=O)C(C)(C)OOC(OOC(C)(C)C(C)=O)c1ccccc1. The highest BCUT2D eigenvalue weighted by molar-refractivity contribution is 5.84. The summed E-state index contributed by atoms with van der Waals surface area (Å²) in [5.74, 6) is -0.399. The summed E-state index contributed by atoms with van der Waals surface area (Å²) in [6.45, 7) is 9.12. The van der Waals surface area contributed by atoms with Gasteiger partial charge in [-0.2, -0.15) is 9.78 Å². The van der Waals surface area contributed by atoms with Crippen LogP contribution in [0.2, 0.25) is 0 Å². The lowest BCUT2D eigenvalue weighted by Gasteiger charge is -2.27. The van der Waals surface area contributed by atoms with Crippen molar-refractivity contribution in [1.82, 2.24) is 0 Å². The molecule has 128 valence electrons. The molecule has 0 fully saturated rings. The standard InChI is InChI=1S/C17H24O6/c1-12(18)16(3,4)22-20-15(14-10-8-7-9-11-14)21-23-17(5,6)13(2)19/h7-11,15H,1-6H3. The van der Waals surface area contributed by atoms with E-state index >= 15 is 0 Å². The summed E-state index contributed by atoms with van der Waals surface area (Å²) in [6.07, 6.45) is -1.05. The van der Waals surface area contributed by atoms with E-state index in [0.717, 1.165) is 0 Å². The largest absolute Gasteiger partial charge is 0.297 e. The Hall–Kier alpha value is -1.60. The maximum absolute atomic E-state index is 11.5. The molecule has 0 amide bonds. The van der Waals surface area contributed by atoms with Gasteiger partial charge >= 0.3 is 0 Å². The zero-order valence-electron chi connectivity index (χ0n) is 14.4. The van der Waals surface area contributed by atoms with Gasteiger partial charge in [-0.1, -0.05) is 30.3 Å². The van der Waals surface area contributed by atoms with Crippen LogP contribution < -0.4 is 0 Å². The van der Waals surface area contributed by atoms with Crippen LogP contribution in [-0.2, 0) is 29.1 Å². The van der Waals surface area contributed by atoms with Gasteiger partial charge in [0.25, 0.3) is 0 Å². The van der Waals surface area contributed by atoms with E-state index < -0.39 is 17.5 Å². The predicted octanol–water partition coefficient (Wildman–Crippen LogP) is 3.32. The molecular formula is C17H24O6. The van der Waals surface area contributed by atoms with Gasteiger partial charge in [0.05, 0.1) is 0 Å². The number of carbonyl (C=O) groups is 2. The molecule has 0 aromatic heterocycles. The molecule has 0 N–H and O–H groups in total. The van der Waals surface area contributed by atoms with Gasteiger partial charge in [-0.15, -0.1) is 0 Å². The lowest BCUT2D eigenvalue weighted by Crippen LogP contribution is -2.36. The normalized spacial score (nSPS) is 12.5. The Morgan fingerprint density at radius 3 is 1.57 bits per heavy atom. The molecular weight excluding hydrogens is 300 g/mol. The maximum Gasteiger partial charge on any atom is 0.249 e. The second kappa shape index (κ2) is 7.79. The fourth-order valence-corrected chi connectivity index (χ4v) is 1.18. The quantitative estimate of drug-likeness (QED) is 0.394. The molecule has 0 aliphatic carbocycles. The van der Waals surface area contributed by atoms with Crippen LogP contribution in [0, 0.1) is 0 Å². The smallest absolute Gasteiger partial charge is 0.249 e. The summed E-state index contributed by atoms with van der Waals surface area (Å²) in [6, 6.07) is 8.92. The lowest BCUT2D eigenvalue weighted by atomic mass is 10.1. The van der Waals surface area contributed by atoms with Gasteiger partial charge in [0.15, 0.2) is 22.8 Å². The minimum Gasteiger partial charge on any atom is -0.297 e. The predicted molar refractivity (Wildman–Crippen MR) is 83.0 cm³/mol. The monoisotopic (exact) mass is 324 g/mol. The van der Waals surface area contributed by atoms with Crippen molar-refractivity contribution in [3.8, 4) is 0 Å². The first-order valence-electron chi connectivity index (χ1n) is 7.32. The molecule has 0 saturated heterocycles. The fraction of sp³-hybridized carbons (Fsp3) is 0.529. The number of rotatable bonds is 9. The molecule has 1 aromatic carbocycles. The number of ketones is 2. The van der Waals surface area contributed by atoms with E-state index in [2.05, 4.69) is 0 Å². The molecule has 23 heavy (non-hydrogen) atoms. The molecule has 1 aromatic rings. The van der Waals surface area contributed by atoms with E-state index in [9.17, 15) is 9.59 Å². The summed E-state index contributed by atoms with van der Waals surface area (Å²) < 4.78 is 0. The van der Waals surface area contributed by atoms with Crippen LogP contribution in [0.1, 0.15) is 53.4 Å².